The fourth-order valence-electron chi connectivity index (χ4n) is 2.03. The molecule has 22 heavy (non-hydrogen) atoms. The lowest BCUT2D eigenvalue weighted by Crippen LogP contribution is -1.91. The highest BCUT2D eigenvalue weighted by Crippen LogP contribution is 2.41. The number of hydrogen-bond donors (Lipinski definition) is 4. The quantitative estimate of drug-likeness (QED) is 0.511. The van der Waals surface area contributed by atoms with Gasteiger partial charge in [-0.05, 0) is 35.4 Å². The minimum atomic E-state index is -1.14. The van der Waals surface area contributed by atoms with E-state index in [0.29, 0.717) is 11.1 Å². The summed E-state index contributed by atoms with van der Waals surface area (Å²) in [6.45, 7) is 0. The Labute approximate surface area is 126 Å². The molecule has 0 aromatic heterocycles. The summed E-state index contributed by atoms with van der Waals surface area (Å²) in [5.41, 5.74) is 1.00. The van der Waals surface area contributed by atoms with E-state index >= 15 is 0 Å². The van der Waals surface area contributed by atoms with E-state index in [1.54, 1.807) is 0 Å². The summed E-state index contributed by atoms with van der Waals surface area (Å²) in [4.78, 5) is 10.7. The number of rotatable bonds is 4. The monoisotopic (exact) mass is 302 g/mol. The lowest BCUT2D eigenvalue weighted by molar-refractivity contribution is -0.131. The van der Waals surface area contributed by atoms with E-state index < -0.39 is 5.97 Å². The van der Waals surface area contributed by atoms with Crippen molar-refractivity contribution in [3.05, 3.63) is 42.0 Å². The van der Waals surface area contributed by atoms with E-state index in [9.17, 15) is 20.1 Å². The van der Waals surface area contributed by atoms with Crippen molar-refractivity contribution >= 4 is 12.0 Å². The van der Waals surface area contributed by atoms with Gasteiger partial charge in [0.1, 0.15) is 0 Å². The first kappa shape index (κ1) is 15.2. The van der Waals surface area contributed by atoms with Crippen LogP contribution in [0.3, 0.4) is 0 Å². The zero-order valence-corrected chi connectivity index (χ0v) is 11.6. The van der Waals surface area contributed by atoms with Crippen molar-refractivity contribution in [2.75, 3.05) is 7.11 Å². The molecule has 6 nitrogen and oxygen atoms in total. The van der Waals surface area contributed by atoms with Gasteiger partial charge in [0.05, 0.1) is 7.11 Å². The topological polar surface area (TPSA) is 107 Å². The van der Waals surface area contributed by atoms with Crippen molar-refractivity contribution < 1.29 is 30.0 Å². The fraction of sp³-hybridized carbons (Fsp3) is 0.0625. The first-order valence-corrected chi connectivity index (χ1v) is 6.27. The molecule has 0 unspecified atom stereocenters. The molecule has 0 spiro atoms. The Morgan fingerprint density at radius 1 is 1.09 bits per heavy atom. The van der Waals surface area contributed by atoms with Gasteiger partial charge in [-0.25, -0.2) is 4.79 Å². The third-order valence-corrected chi connectivity index (χ3v) is 3.06. The lowest BCUT2D eigenvalue weighted by Gasteiger charge is -2.12. The molecule has 2 aromatic rings. The number of phenolic OH excluding ortho intramolecular Hbond substituents is 3. The minimum absolute atomic E-state index is 0.161. The van der Waals surface area contributed by atoms with E-state index in [1.807, 2.05) is 0 Å². The molecule has 114 valence electrons. The highest BCUT2D eigenvalue weighted by molar-refractivity contribution is 5.89. The smallest absolute Gasteiger partial charge is 0.328 e. The average Bonchev–Trinajstić information content (AvgIpc) is 2.48. The van der Waals surface area contributed by atoms with Crippen LogP contribution in [-0.4, -0.2) is 33.5 Å². The summed E-state index contributed by atoms with van der Waals surface area (Å²) in [5, 5.41) is 38.2. The maximum atomic E-state index is 10.7. The third-order valence-electron chi connectivity index (χ3n) is 3.06. The van der Waals surface area contributed by atoms with Gasteiger partial charge in [0.25, 0.3) is 0 Å². The number of phenols is 3. The Hall–Kier alpha value is -3.15. The van der Waals surface area contributed by atoms with Crippen LogP contribution >= 0.6 is 0 Å². The van der Waals surface area contributed by atoms with Crippen LogP contribution in [0.5, 0.6) is 23.0 Å². The Morgan fingerprint density at radius 2 is 1.82 bits per heavy atom. The van der Waals surface area contributed by atoms with E-state index in [4.69, 9.17) is 9.84 Å². The molecule has 2 rings (SSSR count). The van der Waals surface area contributed by atoms with Crippen molar-refractivity contribution in [2.45, 2.75) is 0 Å². The summed E-state index contributed by atoms with van der Waals surface area (Å²) < 4.78 is 4.99. The predicted octanol–water partition coefficient (Wildman–Crippen LogP) is 2.58. The molecule has 0 radical (unpaired) electrons. The predicted molar refractivity (Wildman–Crippen MR) is 80.1 cm³/mol. The zero-order valence-electron chi connectivity index (χ0n) is 11.6. The van der Waals surface area contributed by atoms with Crippen LogP contribution in [0.15, 0.2) is 36.4 Å². The molecule has 6 heteroatoms. The molecule has 0 saturated heterocycles. The Balaban J connectivity index is 2.70. The zero-order chi connectivity index (χ0) is 16.3. The van der Waals surface area contributed by atoms with Gasteiger partial charge in [-0.2, -0.15) is 0 Å². The van der Waals surface area contributed by atoms with E-state index in [1.165, 1.54) is 43.5 Å². The Bertz CT molecular complexity index is 749. The number of hydrogen-bond acceptors (Lipinski definition) is 5. The number of aromatic hydroxyl groups is 3. The summed E-state index contributed by atoms with van der Waals surface area (Å²) >= 11 is 0. The van der Waals surface area contributed by atoms with Gasteiger partial charge in [0, 0.05) is 11.6 Å². The molecule has 0 aliphatic rings. The highest BCUT2D eigenvalue weighted by Gasteiger charge is 2.15. The maximum absolute atomic E-state index is 10.7. The molecule has 4 N–H and O–H groups in total. The van der Waals surface area contributed by atoms with Crippen molar-refractivity contribution in [1.29, 1.82) is 0 Å². The van der Waals surface area contributed by atoms with Crippen LogP contribution in [0.1, 0.15) is 5.56 Å². The van der Waals surface area contributed by atoms with Crippen LogP contribution in [0.25, 0.3) is 17.2 Å². The number of carboxylic acids is 1. The second-order valence-corrected chi connectivity index (χ2v) is 4.46. The van der Waals surface area contributed by atoms with Crippen LogP contribution in [0.4, 0.5) is 0 Å². The average molecular weight is 302 g/mol. The molecule has 0 aliphatic carbocycles. The summed E-state index contributed by atoms with van der Waals surface area (Å²) in [7, 11) is 1.37. The minimum Gasteiger partial charge on any atom is -0.504 e. The van der Waals surface area contributed by atoms with Crippen LogP contribution < -0.4 is 4.74 Å². The summed E-state index contributed by atoms with van der Waals surface area (Å²) in [5.74, 6) is -1.84. The molecule has 0 heterocycles. The molecule has 0 fully saturated rings. The van der Waals surface area contributed by atoms with E-state index in [-0.39, 0.29) is 28.6 Å². The van der Waals surface area contributed by atoms with Crippen molar-refractivity contribution in [1.82, 2.24) is 0 Å². The summed E-state index contributed by atoms with van der Waals surface area (Å²) in [6.07, 6.45) is 2.23. The number of methoxy groups -OCH3 is 1. The molecule has 2 aromatic carbocycles. The van der Waals surface area contributed by atoms with Crippen molar-refractivity contribution in [2.24, 2.45) is 0 Å². The van der Waals surface area contributed by atoms with Gasteiger partial charge >= 0.3 is 5.97 Å². The molecule has 0 saturated carbocycles. The normalized spacial score (nSPS) is 10.8. The SMILES string of the molecule is COc1cc(/C=C/C(=O)O)c(-c2cccc(O)c2O)cc1O. The Morgan fingerprint density at radius 3 is 2.45 bits per heavy atom. The van der Waals surface area contributed by atoms with E-state index in [0.717, 1.165) is 6.08 Å². The van der Waals surface area contributed by atoms with Gasteiger partial charge in [-0.1, -0.05) is 12.1 Å². The van der Waals surface area contributed by atoms with Gasteiger partial charge in [0.15, 0.2) is 23.0 Å². The molecular weight excluding hydrogens is 288 g/mol. The Kier molecular flexibility index (Phi) is 4.22. The standard InChI is InChI=1S/C16H14O6/c1-22-14-7-9(5-6-15(19)20)11(8-13(14)18)10-3-2-4-12(17)16(10)21/h2-8,17-18,21H,1H3,(H,19,20)/b6-5+. The van der Waals surface area contributed by atoms with Gasteiger partial charge in [-0.3, -0.25) is 0 Å². The number of para-hydroxylation sites is 1. The second-order valence-electron chi connectivity index (χ2n) is 4.46. The van der Waals surface area contributed by atoms with Crippen molar-refractivity contribution in [3.8, 4) is 34.1 Å². The molecule has 0 aliphatic heterocycles. The number of ether oxygens (including phenoxy) is 1. The summed E-state index contributed by atoms with van der Waals surface area (Å²) in [6, 6.07) is 7.14. The van der Waals surface area contributed by atoms with Gasteiger partial charge in [-0.15, -0.1) is 0 Å². The first-order valence-electron chi connectivity index (χ1n) is 6.27. The molecular formula is C16H14O6. The van der Waals surface area contributed by atoms with Crippen molar-refractivity contribution in [3.63, 3.8) is 0 Å². The molecule has 0 atom stereocenters. The van der Waals surface area contributed by atoms with E-state index in [2.05, 4.69) is 0 Å². The second kappa shape index (κ2) is 6.09. The third kappa shape index (κ3) is 2.95. The molecule has 0 bridgehead atoms. The van der Waals surface area contributed by atoms with Crippen LogP contribution in [-0.2, 0) is 4.79 Å². The number of carboxylic acid groups (broad SMARTS) is 1. The number of carbonyl (C=O) groups is 1. The number of aliphatic carboxylic acids is 1. The lowest BCUT2D eigenvalue weighted by atomic mass is 9.97. The molecule has 0 amide bonds. The van der Waals surface area contributed by atoms with Gasteiger partial charge in [0.2, 0.25) is 0 Å². The highest BCUT2D eigenvalue weighted by atomic mass is 16.5. The largest absolute Gasteiger partial charge is 0.504 e. The van der Waals surface area contributed by atoms with Crippen LogP contribution in [0, 0.1) is 0 Å². The van der Waals surface area contributed by atoms with Gasteiger partial charge < -0.3 is 25.2 Å². The van der Waals surface area contributed by atoms with Crippen LogP contribution in [0.2, 0.25) is 0 Å². The maximum Gasteiger partial charge on any atom is 0.328 e. The fourth-order valence-corrected chi connectivity index (χ4v) is 2.03. The first-order chi connectivity index (χ1) is 10.4. The number of benzene rings is 2.